The zero-order valence-electron chi connectivity index (χ0n) is 18.7. The van der Waals surface area contributed by atoms with Crippen LogP contribution in [0.25, 0.3) is 0 Å². The average Bonchev–Trinajstić information content (AvgIpc) is 2.83. The van der Waals surface area contributed by atoms with Crippen LogP contribution in [0, 0.1) is 23.2 Å². The van der Waals surface area contributed by atoms with Crippen molar-refractivity contribution in [3.8, 4) is 6.07 Å². The van der Waals surface area contributed by atoms with Crippen molar-refractivity contribution in [2.75, 3.05) is 25.0 Å². The second kappa shape index (κ2) is 10.6. The molecule has 1 saturated heterocycles. The quantitative estimate of drug-likeness (QED) is 0.647. The van der Waals surface area contributed by atoms with E-state index in [1.807, 2.05) is 19.9 Å². The van der Waals surface area contributed by atoms with E-state index in [2.05, 4.69) is 10.6 Å². The number of hydrogen-bond donors (Lipinski definition) is 2. The summed E-state index contributed by atoms with van der Waals surface area (Å²) in [5.74, 6) is -0.525. The molecule has 1 fully saturated rings. The Morgan fingerprint density at radius 2 is 1.73 bits per heavy atom. The van der Waals surface area contributed by atoms with Crippen LogP contribution in [-0.2, 0) is 14.8 Å². The molecule has 2 aromatic carbocycles. The standard InChI is InChI=1S/C24H28N4O4S/c1-17(2)16-26-24(30)21-5-3-4-6-22(21)27-23(29)19-11-13-28(14-12-19)33(31,32)20-9-7-18(15-25)8-10-20/h3-10,17,19H,11-14,16H2,1-2H3,(H,26,30)(H,27,29). The molecule has 9 heteroatoms. The molecule has 8 nitrogen and oxygen atoms in total. The summed E-state index contributed by atoms with van der Waals surface area (Å²) >= 11 is 0. The van der Waals surface area contributed by atoms with Gasteiger partial charge in [0.2, 0.25) is 15.9 Å². The van der Waals surface area contributed by atoms with Gasteiger partial charge in [-0.1, -0.05) is 26.0 Å². The van der Waals surface area contributed by atoms with Crippen LogP contribution < -0.4 is 10.6 Å². The van der Waals surface area contributed by atoms with Crippen molar-refractivity contribution >= 4 is 27.5 Å². The molecule has 0 aliphatic carbocycles. The first-order chi connectivity index (χ1) is 15.7. The lowest BCUT2D eigenvalue weighted by molar-refractivity contribution is -0.120. The summed E-state index contributed by atoms with van der Waals surface area (Å²) in [6.07, 6.45) is 0.756. The highest BCUT2D eigenvalue weighted by Gasteiger charge is 2.32. The number of anilines is 1. The molecule has 0 atom stereocenters. The van der Waals surface area contributed by atoms with E-state index >= 15 is 0 Å². The van der Waals surface area contributed by atoms with Gasteiger partial charge in [0, 0.05) is 25.6 Å². The van der Waals surface area contributed by atoms with Crippen LogP contribution in [0.1, 0.15) is 42.6 Å². The maximum absolute atomic E-state index is 12.9. The van der Waals surface area contributed by atoms with Gasteiger partial charge in [-0.15, -0.1) is 0 Å². The fourth-order valence-corrected chi connectivity index (χ4v) is 5.10. The lowest BCUT2D eigenvalue weighted by atomic mass is 9.97. The van der Waals surface area contributed by atoms with Crippen molar-refractivity contribution in [1.29, 1.82) is 5.26 Å². The molecule has 0 aromatic heterocycles. The Hall–Kier alpha value is -3.22. The van der Waals surface area contributed by atoms with Crippen molar-refractivity contribution in [2.24, 2.45) is 11.8 Å². The van der Waals surface area contributed by atoms with E-state index in [0.29, 0.717) is 42.1 Å². The Kier molecular flexibility index (Phi) is 7.84. The van der Waals surface area contributed by atoms with Gasteiger partial charge in [0.25, 0.3) is 5.91 Å². The molecule has 2 aromatic rings. The lowest BCUT2D eigenvalue weighted by Gasteiger charge is -2.30. The molecule has 0 spiro atoms. The summed E-state index contributed by atoms with van der Waals surface area (Å²) in [4.78, 5) is 25.5. The predicted molar refractivity (Wildman–Crippen MR) is 125 cm³/mol. The number of carbonyl (C=O) groups excluding carboxylic acids is 2. The van der Waals surface area contributed by atoms with E-state index in [1.165, 1.54) is 28.6 Å². The highest BCUT2D eigenvalue weighted by molar-refractivity contribution is 7.89. The van der Waals surface area contributed by atoms with E-state index in [0.717, 1.165) is 0 Å². The molecular weight excluding hydrogens is 440 g/mol. The second-order valence-corrected chi connectivity index (χ2v) is 10.4. The molecule has 2 N–H and O–H groups in total. The summed E-state index contributed by atoms with van der Waals surface area (Å²) < 4.78 is 27.1. The molecule has 174 valence electrons. The number of hydrogen-bond acceptors (Lipinski definition) is 5. The van der Waals surface area contributed by atoms with Crippen LogP contribution in [0.3, 0.4) is 0 Å². The van der Waals surface area contributed by atoms with Crippen LogP contribution >= 0.6 is 0 Å². The van der Waals surface area contributed by atoms with Gasteiger partial charge < -0.3 is 10.6 Å². The van der Waals surface area contributed by atoms with Gasteiger partial charge in [-0.05, 0) is 55.2 Å². The first-order valence-electron chi connectivity index (χ1n) is 10.9. The van der Waals surface area contributed by atoms with Gasteiger partial charge in [-0.25, -0.2) is 8.42 Å². The van der Waals surface area contributed by atoms with Crippen LogP contribution in [-0.4, -0.2) is 44.2 Å². The zero-order valence-corrected chi connectivity index (χ0v) is 19.6. The number of para-hydroxylation sites is 1. The third-order valence-electron chi connectivity index (χ3n) is 5.55. The molecule has 0 bridgehead atoms. The molecule has 0 unspecified atom stereocenters. The van der Waals surface area contributed by atoms with Gasteiger partial charge >= 0.3 is 0 Å². The Morgan fingerprint density at radius 1 is 1.09 bits per heavy atom. The number of nitrogens with one attached hydrogen (secondary N) is 2. The number of nitriles is 1. The van der Waals surface area contributed by atoms with Gasteiger partial charge in [-0.3, -0.25) is 9.59 Å². The monoisotopic (exact) mass is 468 g/mol. The summed E-state index contributed by atoms with van der Waals surface area (Å²) in [7, 11) is -3.69. The Labute approximate surface area is 194 Å². The van der Waals surface area contributed by atoms with Gasteiger partial charge in [0.15, 0.2) is 0 Å². The first-order valence-corrected chi connectivity index (χ1v) is 12.3. The molecular formula is C24H28N4O4S. The number of nitrogens with zero attached hydrogens (tertiary/aromatic N) is 2. The molecule has 1 aliphatic heterocycles. The van der Waals surface area contributed by atoms with E-state index in [9.17, 15) is 18.0 Å². The number of benzene rings is 2. The van der Waals surface area contributed by atoms with Crippen molar-refractivity contribution < 1.29 is 18.0 Å². The van der Waals surface area contributed by atoms with E-state index < -0.39 is 10.0 Å². The Morgan fingerprint density at radius 3 is 2.33 bits per heavy atom. The lowest BCUT2D eigenvalue weighted by Crippen LogP contribution is -2.41. The van der Waals surface area contributed by atoms with Crippen molar-refractivity contribution in [3.05, 3.63) is 59.7 Å². The van der Waals surface area contributed by atoms with Crippen LogP contribution in [0.2, 0.25) is 0 Å². The molecule has 1 aliphatic rings. The third-order valence-corrected chi connectivity index (χ3v) is 7.46. The largest absolute Gasteiger partial charge is 0.352 e. The normalized spacial score (nSPS) is 15.1. The molecule has 1 heterocycles. The third kappa shape index (κ3) is 5.97. The Balaban J connectivity index is 1.62. The van der Waals surface area contributed by atoms with Crippen molar-refractivity contribution in [3.63, 3.8) is 0 Å². The first kappa shape index (κ1) is 24.4. The smallest absolute Gasteiger partial charge is 0.253 e. The summed E-state index contributed by atoms with van der Waals surface area (Å²) in [5.41, 5.74) is 1.23. The van der Waals surface area contributed by atoms with Crippen LogP contribution in [0.5, 0.6) is 0 Å². The van der Waals surface area contributed by atoms with Crippen molar-refractivity contribution in [2.45, 2.75) is 31.6 Å². The topological polar surface area (TPSA) is 119 Å². The molecule has 33 heavy (non-hydrogen) atoms. The molecule has 3 rings (SSSR count). The number of sulfonamides is 1. The van der Waals surface area contributed by atoms with Crippen LogP contribution in [0.15, 0.2) is 53.4 Å². The van der Waals surface area contributed by atoms with E-state index in [4.69, 9.17) is 5.26 Å². The SMILES string of the molecule is CC(C)CNC(=O)c1ccccc1NC(=O)C1CCN(S(=O)(=O)c2ccc(C#N)cc2)CC1. The maximum Gasteiger partial charge on any atom is 0.253 e. The minimum Gasteiger partial charge on any atom is -0.352 e. The summed E-state index contributed by atoms with van der Waals surface area (Å²) in [6, 6.07) is 14.6. The minimum absolute atomic E-state index is 0.130. The predicted octanol–water partition coefficient (Wildman–Crippen LogP) is 2.98. The van der Waals surface area contributed by atoms with Gasteiger partial charge in [0.05, 0.1) is 27.8 Å². The van der Waals surface area contributed by atoms with Gasteiger partial charge in [-0.2, -0.15) is 9.57 Å². The van der Waals surface area contributed by atoms with Crippen LogP contribution in [0.4, 0.5) is 5.69 Å². The molecule has 0 saturated carbocycles. The van der Waals surface area contributed by atoms with E-state index in [1.54, 1.807) is 24.3 Å². The second-order valence-electron chi connectivity index (χ2n) is 8.45. The minimum atomic E-state index is -3.69. The van der Waals surface area contributed by atoms with E-state index in [-0.39, 0.29) is 35.7 Å². The number of carbonyl (C=O) groups is 2. The van der Waals surface area contributed by atoms with Gasteiger partial charge in [0.1, 0.15) is 0 Å². The molecule has 0 radical (unpaired) electrons. The number of piperidine rings is 1. The fraction of sp³-hybridized carbons (Fsp3) is 0.375. The summed E-state index contributed by atoms with van der Waals surface area (Å²) in [6.45, 7) is 4.98. The zero-order chi connectivity index (χ0) is 24.0. The molecule has 2 amide bonds. The highest BCUT2D eigenvalue weighted by atomic mass is 32.2. The average molecular weight is 469 g/mol. The Bertz CT molecular complexity index is 1150. The maximum atomic E-state index is 12.9. The number of rotatable bonds is 7. The highest BCUT2D eigenvalue weighted by Crippen LogP contribution is 2.26. The fourth-order valence-electron chi connectivity index (χ4n) is 3.63. The number of amides is 2. The summed E-state index contributed by atoms with van der Waals surface area (Å²) in [5, 5.41) is 14.6. The van der Waals surface area contributed by atoms with Crippen molar-refractivity contribution in [1.82, 2.24) is 9.62 Å².